The first-order valence-electron chi connectivity index (χ1n) is 6.00. The van der Waals surface area contributed by atoms with Crippen LogP contribution < -0.4 is 0 Å². The lowest BCUT2D eigenvalue weighted by Crippen LogP contribution is -2.35. The first kappa shape index (κ1) is 9.64. The second-order valence-electron chi connectivity index (χ2n) is 5.25. The topological polar surface area (TPSA) is 38.8 Å². The van der Waals surface area contributed by atoms with E-state index < -0.39 is 0 Å². The molecule has 0 radical (unpaired) electrons. The molecule has 2 aliphatic carbocycles. The van der Waals surface area contributed by atoms with E-state index >= 15 is 0 Å². The standard InChI is InChI=1S/C12H18O3/c1-14-10(13)9-12(15-9)8-4-7-11(12)5-2-3-6-11/h9H,2-8H2,1H3. The monoisotopic (exact) mass is 210 g/mol. The molecule has 2 spiro atoms. The Balaban J connectivity index is 1.84. The normalized spacial score (nSPS) is 41.3. The fraction of sp³-hybridized carbons (Fsp3) is 0.917. The lowest BCUT2D eigenvalue weighted by Gasteiger charge is -2.28. The lowest BCUT2D eigenvalue weighted by atomic mass is 9.74. The summed E-state index contributed by atoms with van der Waals surface area (Å²) in [6.07, 6.45) is 8.39. The Morgan fingerprint density at radius 2 is 1.87 bits per heavy atom. The maximum Gasteiger partial charge on any atom is 0.338 e. The van der Waals surface area contributed by atoms with Gasteiger partial charge in [0.1, 0.15) is 5.60 Å². The second kappa shape index (κ2) is 2.97. The average Bonchev–Trinajstić information content (AvgIpc) is 2.65. The van der Waals surface area contributed by atoms with E-state index in [1.54, 1.807) is 0 Å². The van der Waals surface area contributed by atoms with Crippen LogP contribution in [0, 0.1) is 5.41 Å². The number of epoxide rings is 1. The van der Waals surface area contributed by atoms with Gasteiger partial charge >= 0.3 is 5.97 Å². The Hall–Kier alpha value is -0.570. The van der Waals surface area contributed by atoms with Crippen LogP contribution in [-0.4, -0.2) is 24.8 Å². The first-order chi connectivity index (χ1) is 7.24. The highest BCUT2D eigenvalue weighted by atomic mass is 16.7. The molecule has 3 heteroatoms. The third kappa shape index (κ3) is 1.07. The Morgan fingerprint density at radius 1 is 1.20 bits per heavy atom. The van der Waals surface area contributed by atoms with Crippen molar-refractivity contribution in [3.8, 4) is 0 Å². The van der Waals surface area contributed by atoms with E-state index in [0.29, 0.717) is 5.41 Å². The molecule has 1 aliphatic heterocycles. The van der Waals surface area contributed by atoms with E-state index in [0.717, 1.165) is 6.42 Å². The van der Waals surface area contributed by atoms with Gasteiger partial charge < -0.3 is 9.47 Å². The number of carbonyl (C=O) groups is 1. The average molecular weight is 210 g/mol. The summed E-state index contributed by atoms with van der Waals surface area (Å²) in [7, 11) is 1.45. The summed E-state index contributed by atoms with van der Waals surface area (Å²) < 4.78 is 10.6. The fourth-order valence-corrected chi connectivity index (χ4v) is 4.01. The van der Waals surface area contributed by atoms with Crippen LogP contribution in [0.5, 0.6) is 0 Å². The zero-order chi connectivity index (χ0) is 10.5. The molecule has 3 nitrogen and oxygen atoms in total. The van der Waals surface area contributed by atoms with E-state index in [4.69, 9.17) is 9.47 Å². The minimum atomic E-state index is -0.247. The third-order valence-electron chi connectivity index (χ3n) is 4.77. The van der Waals surface area contributed by atoms with Gasteiger partial charge in [0.15, 0.2) is 6.10 Å². The van der Waals surface area contributed by atoms with Gasteiger partial charge in [-0.3, -0.25) is 0 Å². The second-order valence-corrected chi connectivity index (χ2v) is 5.25. The minimum absolute atomic E-state index is 0.114. The van der Waals surface area contributed by atoms with E-state index in [-0.39, 0.29) is 17.7 Å². The smallest absolute Gasteiger partial charge is 0.338 e. The Kier molecular flexibility index (Phi) is 1.91. The molecule has 3 fully saturated rings. The number of fused-ring (bicyclic) bond motifs is 1. The van der Waals surface area contributed by atoms with Gasteiger partial charge in [0.05, 0.1) is 7.11 Å². The molecule has 0 bridgehead atoms. The van der Waals surface area contributed by atoms with Gasteiger partial charge in [-0.05, 0) is 32.1 Å². The predicted molar refractivity (Wildman–Crippen MR) is 54.4 cm³/mol. The van der Waals surface area contributed by atoms with Crippen molar-refractivity contribution >= 4 is 5.97 Å². The van der Waals surface area contributed by atoms with E-state index in [2.05, 4.69) is 0 Å². The summed E-state index contributed by atoms with van der Waals surface area (Å²) in [5.41, 5.74) is 0.211. The van der Waals surface area contributed by atoms with Gasteiger partial charge in [0, 0.05) is 5.41 Å². The molecule has 2 saturated carbocycles. The van der Waals surface area contributed by atoms with Crippen molar-refractivity contribution < 1.29 is 14.3 Å². The van der Waals surface area contributed by atoms with Crippen LogP contribution in [0.15, 0.2) is 0 Å². The molecule has 0 aromatic rings. The summed E-state index contributed by atoms with van der Waals surface area (Å²) in [5.74, 6) is -0.164. The molecule has 0 amide bonds. The number of rotatable bonds is 1. The summed E-state index contributed by atoms with van der Waals surface area (Å²) >= 11 is 0. The van der Waals surface area contributed by atoms with Crippen molar-refractivity contribution in [1.82, 2.24) is 0 Å². The number of methoxy groups -OCH3 is 1. The molecule has 2 atom stereocenters. The Labute approximate surface area is 90.1 Å². The fourth-order valence-electron chi connectivity index (χ4n) is 4.01. The third-order valence-corrected chi connectivity index (χ3v) is 4.77. The van der Waals surface area contributed by atoms with Gasteiger partial charge in [-0.1, -0.05) is 12.8 Å². The molecule has 0 N–H and O–H groups in total. The molecular weight excluding hydrogens is 192 g/mol. The Morgan fingerprint density at radius 3 is 2.53 bits per heavy atom. The summed E-state index contributed by atoms with van der Waals surface area (Å²) in [6, 6.07) is 0. The van der Waals surface area contributed by atoms with Crippen molar-refractivity contribution in [2.75, 3.05) is 7.11 Å². The molecule has 0 aromatic carbocycles. The van der Waals surface area contributed by atoms with Gasteiger partial charge in [-0.2, -0.15) is 0 Å². The SMILES string of the molecule is COC(=O)C1OC12CCCC21CCCC1. The van der Waals surface area contributed by atoms with Crippen LogP contribution in [0.25, 0.3) is 0 Å². The van der Waals surface area contributed by atoms with Crippen LogP contribution in [0.4, 0.5) is 0 Å². The number of hydrogen-bond acceptors (Lipinski definition) is 3. The molecule has 1 saturated heterocycles. The van der Waals surface area contributed by atoms with Gasteiger partial charge in [-0.25, -0.2) is 4.79 Å². The molecule has 84 valence electrons. The van der Waals surface area contributed by atoms with Crippen molar-refractivity contribution in [1.29, 1.82) is 0 Å². The number of ether oxygens (including phenoxy) is 2. The highest BCUT2D eigenvalue weighted by molar-refractivity contribution is 5.79. The zero-order valence-electron chi connectivity index (χ0n) is 9.25. The maximum atomic E-state index is 11.5. The molecule has 0 aromatic heterocycles. The zero-order valence-corrected chi connectivity index (χ0v) is 9.25. The van der Waals surface area contributed by atoms with E-state index in [1.165, 1.54) is 45.6 Å². The van der Waals surface area contributed by atoms with Crippen molar-refractivity contribution in [3.05, 3.63) is 0 Å². The number of esters is 1. The summed E-state index contributed by atoms with van der Waals surface area (Å²) in [4.78, 5) is 11.5. The minimum Gasteiger partial charge on any atom is -0.467 e. The van der Waals surface area contributed by atoms with Crippen LogP contribution >= 0.6 is 0 Å². The van der Waals surface area contributed by atoms with Crippen LogP contribution in [0.2, 0.25) is 0 Å². The van der Waals surface area contributed by atoms with E-state index in [9.17, 15) is 4.79 Å². The molecular formula is C12H18O3. The predicted octanol–water partition coefficient (Wildman–Crippen LogP) is 2.04. The first-order valence-corrected chi connectivity index (χ1v) is 6.00. The molecule has 1 heterocycles. The van der Waals surface area contributed by atoms with Crippen molar-refractivity contribution in [2.45, 2.75) is 56.7 Å². The van der Waals surface area contributed by atoms with Crippen molar-refractivity contribution in [3.63, 3.8) is 0 Å². The maximum absolute atomic E-state index is 11.5. The van der Waals surface area contributed by atoms with Gasteiger partial charge in [-0.15, -0.1) is 0 Å². The molecule has 3 rings (SSSR count). The largest absolute Gasteiger partial charge is 0.467 e. The number of carbonyl (C=O) groups excluding carboxylic acids is 1. The Bertz CT molecular complexity index is 288. The van der Waals surface area contributed by atoms with Crippen molar-refractivity contribution in [2.24, 2.45) is 5.41 Å². The molecule has 3 aliphatic rings. The quantitative estimate of drug-likeness (QED) is 0.491. The number of hydrogen-bond donors (Lipinski definition) is 0. The highest BCUT2D eigenvalue weighted by Crippen LogP contribution is 2.66. The molecule has 15 heavy (non-hydrogen) atoms. The van der Waals surface area contributed by atoms with Crippen LogP contribution in [-0.2, 0) is 14.3 Å². The van der Waals surface area contributed by atoms with Gasteiger partial charge in [0.25, 0.3) is 0 Å². The van der Waals surface area contributed by atoms with Crippen LogP contribution in [0.3, 0.4) is 0 Å². The highest BCUT2D eigenvalue weighted by Gasteiger charge is 2.73. The van der Waals surface area contributed by atoms with E-state index in [1.807, 2.05) is 0 Å². The summed E-state index contributed by atoms with van der Waals surface area (Å²) in [6.45, 7) is 0. The van der Waals surface area contributed by atoms with Gasteiger partial charge in [0.2, 0.25) is 0 Å². The molecule has 2 unspecified atom stereocenters. The summed E-state index contributed by atoms with van der Waals surface area (Å²) in [5, 5.41) is 0. The van der Waals surface area contributed by atoms with Crippen LogP contribution in [0.1, 0.15) is 44.9 Å². The lowest BCUT2D eigenvalue weighted by molar-refractivity contribution is -0.142.